The lowest BCUT2D eigenvalue weighted by Crippen LogP contribution is -2.23. The van der Waals surface area contributed by atoms with Gasteiger partial charge in [-0.25, -0.2) is 0 Å². The average Bonchev–Trinajstić information content (AvgIpc) is 2.81. The van der Waals surface area contributed by atoms with Crippen LogP contribution in [0.25, 0.3) is 0 Å². The van der Waals surface area contributed by atoms with Gasteiger partial charge in [-0.2, -0.15) is 0 Å². The van der Waals surface area contributed by atoms with E-state index in [0.717, 1.165) is 11.8 Å². The number of carboxylic acids is 1. The summed E-state index contributed by atoms with van der Waals surface area (Å²) >= 11 is 0. The zero-order chi connectivity index (χ0) is 8.72. The molecule has 0 aliphatic heterocycles. The van der Waals surface area contributed by atoms with Crippen molar-refractivity contribution in [3.63, 3.8) is 0 Å². The quantitative estimate of drug-likeness (QED) is 0.698. The third kappa shape index (κ3) is 1.47. The maximum atomic E-state index is 10.8. The van der Waals surface area contributed by atoms with E-state index in [1.807, 2.05) is 6.92 Å². The predicted octanol–water partition coefficient (Wildman–Crippen LogP) is 2.14. The van der Waals surface area contributed by atoms with Crippen molar-refractivity contribution in [3.05, 3.63) is 0 Å². The Labute approximate surface area is 73.0 Å². The highest BCUT2D eigenvalue weighted by atomic mass is 16.4. The Bertz CT molecular complexity index is 180. The fourth-order valence-electron chi connectivity index (χ4n) is 2.33. The molecular weight excluding hydrogens is 152 g/mol. The van der Waals surface area contributed by atoms with Crippen LogP contribution in [0.3, 0.4) is 0 Å². The zero-order valence-corrected chi connectivity index (χ0v) is 7.49. The number of hydrogen-bond donors (Lipinski definition) is 1. The van der Waals surface area contributed by atoms with Gasteiger partial charge < -0.3 is 5.11 Å². The molecule has 0 aromatic rings. The van der Waals surface area contributed by atoms with Gasteiger partial charge in [0.15, 0.2) is 0 Å². The van der Waals surface area contributed by atoms with Gasteiger partial charge in [-0.1, -0.05) is 6.92 Å². The number of carbonyl (C=O) groups is 1. The third-order valence-electron chi connectivity index (χ3n) is 3.30. The Morgan fingerprint density at radius 1 is 1.25 bits per heavy atom. The van der Waals surface area contributed by atoms with Gasteiger partial charge in [0.1, 0.15) is 0 Å². The highest BCUT2D eigenvalue weighted by Crippen LogP contribution is 2.52. The highest BCUT2D eigenvalue weighted by Gasteiger charge is 2.45. The monoisotopic (exact) mass is 168 g/mol. The Hall–Kier alpha value is -0.530. The van der Waals surface area contributed by atoms with E-state index in [4.69, 9.17) is 5.11 Å². The molecule has 12 heavy (non-hydrogen) atoms. The van der Waals surface area contributed by atoms with E-state index in [-0.39, 0.29) is 5.92 Å². The smallest absolute Gasteiger partial charge is 0.306 e. The molecule has 68 valence electrons. The lowest BCUT2D eigenvalue weighted by molar-refractivity contribution is -0.143. The summed E-state index contributed by atoms with van der Waals surface area (Å²) in [6, 6.07) is 0. The maximum Gasteiger partial charge on any atom is 0.306 e. The molecule has 0 radical (unpaired) electrons. The summed E-state index contributed by atoms with van der Waals surface area (Å²) in [7, 11) is 0. The van der Waals surface area contributed by atoms with Crippen LogP contribution in [-0.4, -0.2) is 11.1 Å². The molecule has 0 aromatic heterocycles. The van der Waals surface area contributed by atoms with Crippen molar-refractivity contribution in [1.82, 2.24) is 0 Å². The molecule has 2 saturated carbocycles. The van der Waals surface area contributed by atoms with E-state index in [1.165, 1.54) is 25.7 Å². The van der Waals surface area contributed by atoms with Gasteiger partial charge in [0, 0.05) is 0 Å². The number of rotatable bonds is 4. The minimum atomic E-state index is -0.598. The van der Waals surface area contributed by atoms with E-state index in [9.17, 15) is 4.79 Å². The second kappa shape index (κ2) is 2.75. The van der Waals surface area contributed by atoms with Crippen molar-refractivity contribution in [2.75, 3.05) is 0 Å². The van der Waals surface area contributed by atoms with Gasteiger partial charge in [-0.05, 0) is 43.4 Å². The normalized spacial score (nSPS) is 25.8. The predicted molar refractivity (Wildman–Crippen MR) is 45.7 cm³/mol. The standard InChI is InChI=1S/C10H16O2/c1-6(10(11)12)9(7-2-3-7)8-4-5-8/h6-9H,2-5H2,1H3,(H,11,12)/t6-/m1/s1. The summed E-state index contributed by atoms with van der Waals surface area (Å²) in [6.45, 7) is 1.88. The molecular formula is C10H16O2. The Morgan fingerprint density at radius 2 is 1.67 bits per heavy atom. The van der Waals surface area contributed by atoms with Gasteiger partial charge in [0.25, 0.3) is 0 Å². The van der Waals surface area contributed by atoms with Crippen molar-refractivity contribution in [2.24, 2.45) is 23.7 Å². The SMILES string of the molecule is C[C@@H](C(=O)O)C(C1CC1)C1CC1. The molecule has 0 amide bonds. The fourth-order valence-corrected chi connectivity index (χ4v) is 2.33. The molecule has 2 fully saturated rings. The van der Waals surface area contributed by atoms with Gasteiger partial charge in [0.05, 0.1) is 5.92 Å². The highest BCUT2D eigenvalue weighted by molar-refractivity contribution is 5.70. The van der Waals surface area contributed by atoms with E-state index in [1.54, 1.807) is 0 Å². The minimum Gasteiger partial charge on any atom is -0.481 e. The molecule has 2 heteroatoms. The molecule has 2 nitrogen and oxygen atoms in total. The van der Waals surface area contributed by atoms with Crippen LogP contribution in [0, 0.1) is 23.7 Å². The van der Waals surface area contributed by atoms with Crippen molar-refractivity contribution in [1.29, 1.82) is 0 Å². The lowest BCUT2D eigenvalue weighted by atomic mass is 9.85. The van der Waals surface area contributed by atoms with Gasteiger partial charge in [-0.15, -0.1) is 0 Å². The molecule has 0 unspecified atom stereocenters. The van der Waals surface area contributed by atoms with E-state index in [2.05, 4.69) is 0 Å². The van der Waals surface area contributed by atoms with Crippen molar-refractivity contribution < 1.29 is 9.90 Å². The van der Waals surface area contributed by atoms with Crippen molar-refractivity contribution in [3.8, 4) is 0 Å². The number of aliphatic carboxylic acids is 1. The zero-order valence-electron chi connectivity index (χ0n) is 7.49. The summed E-state index contributed by atoms with van der Waals surface area (Å²) < 4.78 is 0. The fraction of sp³-hybridized carbons (Fsp3) is 0.900. The molecule has 0 bridgehead atoms. The molecule has 2 aliphatic carbocycles. The van der Waals surface area contributed by atoms with Crippen LogP contribution in [0.5, 0.6) is 0 Å². The minimum absolute atomic E-state index is 0.106. The second-order valence-corrected chi connectivity index (χ2v) is 4.38. The van der Waals surface area contributed by atoms with E-state index in [0.29, 0.717) is 5.92 Å². The molecule has 0 aromatic carbocycles. The average molecular weight is 168 g/mol. The summed E-state index contributed by atoms with van der Waals surface area (Å²) in [5.41, 5.74) is 0. The molecule has 0 spiro atoms. The van der Waals surface area contributed by atoms with Crippen LogP contribution >= 0.6 is 0 Å². The molecule has 2 aliphatic rings. The molecule has 1 N–H and O–H groups in total. The van der Waals surface area contributed by atoms with Gasteiger partial charge in [0.2, 0.25) is 0 Å². The molecule has 0 saturated heterocycles. The lowest BCUT2D eigenvalue weighted by Gasteiger charge is -2.19. The van der Waals surface area contributed by atoms with E-state index >= 15 is 0 Å². The molecule has 0 heterocycles. The second-order valence-electron chi connectivity index (χ2n) is 4.38. The van der Waals surface area contributed by atoms with Crippen LogP contribution < -0.4 is 0 Å². The van der Waals surface area contributed by atoms with Crippen LogP contribution in [0.1, 0.15) is 32.6 Å². The Balaban J connectivity index is 1.99. The first kappa shape index (κ1) is 8.09. The van der Waals surface area contributed by atoms with Crippen LogP contribution in [0.2, 0.25) is 0 Å². The number of hydrogen-bond acceptors (Lipinski definition) is 1. The first-order valence-electron chi connectivity index (χ1n) is 4.93. The summed E-state index contributed by atoms with van der Waals surface area (Å²) in [5, 5.41) is 8.91. The van der Waals surface area contributed by atoms with Crippen LogP contribution in [0.4, 0.5) is 0 Å². The first-order valence-corrected chi connectivity index (χ1v) is 4.93. The molecule has 2 rings (SSSR count). The summed E-state index contributed by atoms with van der Waals surface area (Å²) in [5.74, 6) is 1.30. The van der Waals surface area contributed by atoms with Crippen molar-refractivity contribution >= 4 is 5.97 Å². The van der Waals surface area contributed by atoms with Crippen molar-refractivity contribution in [2.45, 2.75) is 32.6 Å². The molecule has 1 atom stereocenters. The third-order valence-corrected chi connectivity index (χ3v) is 3.30. The maximum absolute atomic E-state index is 10.8. The summed E-state index contributed by atoms with van der Waals surface area (Å²) in [6.07, 6.45) is 5.11. The van der Waals surface area contributed by atoms with Gasteiger partial charge >= 0.3 is 5.97 Å². The Kier molecular flexibility index (Phi) is 1.85. The van der Waals surface area contributed by atoms with Crippen LogP contribution in [-0.2, 0) is 4.79 Å². The van der Waals surface area contributed by atoms with E-state index < -0.39 is 5.97 Å². The topological polar surface area (TPSA) is 37.3 Å². The largest absolute Gasteiger partial charge is 0.481 e. The number of carboxylic acid groups (broad SMARTS) is 1. The first-order chi connectivity index (χ1) is 5.70. The summed E-state index contributed by atoms with van der Waals surface area (Å²) in [4.78, 5) is 10.8. The van der Waals surface area contributed by atoms with Crippen LogP contribution in [0.15, 0.2) is 0 Å². The Morgan fingerprint density at radius 3 is 1.92 bits per heavy atom. The van der Waals surface area contributed by atoms with Gasteiger partial charge in [-0.3, -0.25) is 4.79 Å².